The van der Waals surface area contributed by atoms with Crippen molar-refractivity contribution in [3.05, 3.63) is 0 Å². The fourth-order valence-electron chi connectivity index (χ4n) is 2.13. The molecule has 1 aliphatic rings. The molecule has 1 aliphatic heterocycles. The molecule has 8 heteroatoms. The summed E-state index contributed by atoms with van der Waals surface area (Å²) in [7, 11) is 0. The van der Waals surface area contributed by atoms with Crippen LogP contribution in [0.5, 0.6) is 0 Å². The lowest BCUT2D eigenvalue weighted by atomic mass is 9.96. The van der Waals surface area contributed by atoms with E-state index in [0.717, 1.165) is 0 Å². The Labute approximate surface area is 114 Å². The van der Waals surface area contributed by atoms with Gasteiger partial charge in [0.25, 0.3) is 0 Å². The van der Waals surface area contributed by atoms with Crippen molar-refractivity contribution in [1.82, 2.24) is 10.2 Å². The molecular weight excluding hydrogens is 280 g/mol. The molecular formula is C12H18F4N2O2. The first-order valence-corrected chi connectivity index (χ1v) is 6.38. The van der Waals surface area contributed by atoms with E-state index in [0.29, 0.717) is 4.90 Å². The minimum atomic E-state index is -4.33. The van der Waals surface area contributed by atoms with Crippen molar-refractivity contribution in [2.75, 3.05) is 6.54 Å². The fraction of sp³-hybridized carbons (Fsp3) is 0.833. The van der Waals surface area contributed by atoms with Crippen molar-refractivity contribution in [3.63, 3.8) is 0 Å². The number of nitrogens with zero attached hydrogens (tertiary/aromatic N) is 1. The Kier molecular flexibility index (Phi) is 4.99. The SMILES string of the molecule is CCC1C(=O)NC(C(C)C)C(=O)N1CC(F)(F)C(F)F. The van der Waals surface area contributed by atoms with Crippen molar-refractivity contribution >= 4 is 11.8 Å². The quantitative estimate of drug-likeness (QED) is 0.785. The van der Waals surface area contributed by atoms with Crippen LogP contribution in [0.3, 0.4) is 0 Å². The molecule has 1 saturated heterocycles. The summed E-state index contributed by atoms with van der Waals surface area (Å²) in [5.41, 5.74) is 0. The number of rotatable bonds is 5. The molecule has 0 saturated carbocycles. The van der Waals surface area contributed by atoms with Gasteiger partial charge in [-0.2, -0.15) is 8.78 Å². The number of halogens is 4. The average Bonchev–Trinajstić information content (AvgIpc) is 2.32. The van der Waals surface area contributed by atoms with Gasteiger partial charge in [0.1, 0.15) is 12.1 Å². The minimum Gasteiger partial charge on any atom is -0.342 e. The van der Waals surface area contributed by atoms with Gasteiger partial charge in [0.15, 0.2) is 0 Å². The molecule has 0 spiro atoms. The molecule has 0 aromatic heterocycles. The van der Waals surface area contributed by atoms with Crippen LogP contribution in [-0.4, -0.2) is 47.7 Å². The second kappa shape index (κ2) is 5.97. The molecule has 116 valence electrons. The summed E-state index contributed by atoms with van der Waals surface area (Å²) in [6.45, 7) is 3.36. The highest BCUT2D eigenvalue weighted by atomic mass is 19.3. The zero-order valence-corrected chi connectivity index (χ0v) is 11.5. The first-order chi connectivity index (χ1) is 9.11. The van der Waals surface area contributed by atoms with Gasteiger partial charge in [-0.25, -0.2) is 8.78 Å². The first kappa shape index (κ1) is 16.7. The van der Waals surface area contributed by atoms with Gasteiger partial charge in [0.2, 0.25) is 11.8 Å². The lowest BCUT2D eigenvalue weighted by molar-refractivity contribution is -0.171. The Balaban J connectivity index is 3.03. The van der Waals surface area contributed by atoms with E-state index in [1.165, 1.54) is 6.92 Å². The van der Waals surface area contributed by atoms with Crippen LogP contribution < -0.4 is 5.32 Å². The van der Waals surface area contributed by atoms with Crippen molar-refractivity contribution < 1.29 is 27.2 Å². The Morgan fingerprint density at radius 1 is 1.30 bits per heavy atom. The summed E-state index contributed by atoms with van der Waals surface area (Å²) in [4.78, 5) is 24.5. The topological polar surface area (TPSA) is 49.4 Å². The van der Waals surface area contributed by atoms with Gasteiger partial charge in [0, 0.05) is 0 Å². The van der Waals surface area contributed by atoms with Crippen molar-refractivity contribution in [1.29, 1.82) is 0 Å². The first-order valence-electron chi connectivity index (χ1n) is 6.38. The number of carbonyl (C=O) groups excluding carboxylic acids is 2. The van der Waals surface area contributed by atoms with Crippen molar-refractivity contribution in [2.24, 2.45) is 5.92 Å². The molecule has 0 radical (unpaired) electrons. The Morgan fingerprint density at radius 2 is 1.85 bits per heavy atom. The third-order valence-corrected chi connectivity index (χ3v) is 3.28. The molecule has 20 heavy (non-hydrogen) atoms. The van der Waals surface area contributed by atoms with E-state index >= 15 is 0 Å². The van der Waals surface area contributed by atoms with Gasteiger partial charge in [-0.15, -0.1) is 0 Å². The summed E-state index contributed by atoms with van der Waals surface area (Å²) in [5, 5.41) is 2.45. The van der Waals surface area contributed by atoms with E-state index in [9.17, 15) is 27.2 Å². The molecule has 2 unspecified atom stereocenters. The Morgan fingerprint density at radius 3 is 2.25 bits per heavy atom. The van der Waals surface area contributed by atoms with E-state index < -0.39 is 42.8 Å². The number of carbonyl (C=O) groups is 2. The lowest BCUT2D eigenvalue weighted by Gasteiger charge is -2.41. The largest absolute Gasteiger partial charge is 0.342 e. The molecule has 0 aromatic rings. The third-order valence-electron chi connectivity index (χ3n) is 3.28. The van der Waals surface area contributed by atoms with Crippen LogP contribution in [0.4, 0.5) is 17.6 Å². The molecule has 0 aromatic carbocycles. The van der Waals surface area contributed by atoms with Crippen molar-refractivity contribution in [2.45, 2.75) is 51.6 Å². The van der Waals surface area contributed by atoms with Crippen LogP contribution in [0.15, 0.2) is 0 Å². The lowest BCUT2D eigenvalue weighted by Crippen LogP contribution is -2.66. The molecule has 1 heterocycles. The predicted molar refractivity (Wildman–Crippen MR) is 63.5 cm³/mol. The normalized spacial score (nSPS) is 24.6. The summed E-state index contributed by atoms with van der Waals surface area (Å²) < 4.78 is 51.0. The van der Waals surface area contributed by atoms with Crippen LogP contribution in [0, 0.1) is 5.92 Å². The predicted octanol–water partition coefficient (Wildman–Crippen LogP) is 1.65. The third kappa shape index (κ3) is 3.21. The molecule has 0 bridgehead atoms. The molecule has 0 aliphatic carbocycles. The van der Waals surface area contributed by atoms with Gasteiger partial charge >= 0.3 is 12.3 Å². The van der Waals surface area contributed by atoms with Gasteiger partial charge in [-0.05, 0) is 12.3 Å². The second-order valence-corrected chi connectivity index (χ2v) is 5.18. The number of hydrogen-bond donors (Lipinski definition) is 1. The van der Waals surface area contributed by atoms with Gasteiger partial charge < -0.3 is 10.2 Å². The van der Waals surface area contributed by atoms with E-state index in [2.05, 4.69) is 5.32 Å². The zero-order chi connectivity index (χ0) is 15.7. The van der Waals surface area contributed by atoms with Gasteiger partial charge in [0.05, 0.1) is 6.54 Å². The molecule has 4 nitrogen and oxygen atoms in total. The second-order valence-electron chi connectivity index (χ2n) is 5.18. The van der Waals surface area contributed by atoms with Gasteiger partial charge in [-0.1, -0.05) is 20.8 Å². The number of alkyl halides is 4. The molecule has 1 rings (SSSR count). The average molecular weight is 298 g/mol. The molecule has 2 atom stereocenters. The smallest absolute Gasteiger partial charge is 0.324 e. The van der Waals surface area contributed by atoms with E-state index in [-0.39, 0.29) is 12.3 Å². The van der Waals surface area contributed by atoms with Crippen LogP contribution in [0.1, 0.15) is 27.2 Å². The maximum absolute atomic E-state index is 13.2. The maximum atomic E-state index is 13.2. The Bertz CT molecular complexity index is 388. The number of nitrogens with one attached hydrogen (secondary N) is 1. The fourth-order valence-corrected chi connectivity index (χ4v) is 2.13. The highest BCUT2D eigenvalue weighted by Crippen LogP contribution is 2.27. The number of amides is 2. The molecule has 1 fully saturated rings. The van der Waals surface area contributed by atoms with E-state index in [1.807, 2.05) is 0 Å². The Hall–Kier alpha value is -1.34. The van der Waals surface area contributed by atoms with Gasteiger partial charge in [-0.3, -0.25) is 9.59 Å². The van der Waals surface area contributed by atoms with Crippen molar-refractivity contribution in [3.8, 4) is 0 Å². The highest BCUT2D eigenvalue weighted by Gasteiger charge is 2.49. The monoisotopic (exact) mass is 298 g/mol. The summed E-state index contributed by atoms with van der Waals surface area (Å²) in [6.07, 6.45) is -3.79. The summed E-state index contributed by atoms with van der Waals surface area (Å²) in [5.74, 6) is -5.98. The zero-order valence-electron chi connectivity index (χ0n) is 11.5. The highest BCUT2D eigenvalue weighted by molar-refractivity contribution is 5.97. The maximum Gasteiger partial charge on any atom is 0.324 e. The van der Waals surface area contributed by atoms with Crippen LogP contribution in [0.2, 0.25) is 0 Å². The van der Waals surface area contributed by atoms with E-state index in [1.54, 1.807) is 13.8 Å². The minimum absolute atomic E-state index is 0.0850. The summed E-state index contributed by atoms with van der Waals surface area (Å²) >= 11 is 0. The number of piperazine rings is 1. The summed E-state index contributed by atoms with van der Waals surface area (Å²) in [6, 6.07) is -2.10. The van der Waals surface area contributed by atoms with Crippen LogP contribution in [0.25, 0.3) is 0 Å². The molecule has 2 amide bonds. The number of hydrogen-bond acceptors (Lipinski definition) is 2. The van der Waals surface area contributed by atoms with Crippen LogP contribution >= 0.6 is 0 Å². The molecule has 1 N–H and O–H groups in total. The van der Waals surface area contributed by atoms with Crippen LogP contribution in [-0.2, 0) is 9.59 Å². The standard InChI is InChI=1S/C12H18F4N2O2/c1-4-7-9(19)17-8(6(2)3)10(20)18(7)5-12(15,16)11(13)14/h6-8,11H,4-5H2,1-3H3,(H,17,19). The van der Waals surface area contributed by atoms with E-state index in [4.69, 9.17) is 0 Å².